The Morgan fingerprint density at radius 1 is 1.41 bits per heavy atom. The Morgan fingerprint density at radius 3 is 2.65 bits per heavy atom. The molecule has 1 aromatic heterocycles. The summed E-state index contributed by atoms with van der Waals surface area (Å²) in [7, 11) is 0. The molecule has 1 heterocycles. The molecule has 0 bridgehead atoms. The van der Waals surface area contributed by atoms with Crippen LogP contribution in [-0.4, -0.2) is 21.8 Å². The highest BCUT2D eigenvalue weighted by Crippen LogP contribution is 2.42. The standard InChI is InChI=1S/C9H9ClF2N4O/c10-6-7(14-2-1-13-6)15-16-8(17)5-3-9(11,12)4-5/h1-2,5H,3-4H2,(H,14,15)(H,16,17). The molecule has 0 radical (unpaired) electrons. The van der Waals surface area contributed by atoms with Crippen LogP contribution in [0.15, 0.2) is 12.4 Å². The molecule has 92 valence electrons. The van der Waals surface area contributed by atoms with Crippen LogP contribution in [0.1, 0.15) is 12.8 Å². The van der Waals surface area contributed by atoms with Crippen molar-refractivity contribution in [3.8, 4) is 0 Å². The van der Waals surface area contributed by atoms with E-state index in [0.717, 1.165) is 0 Å². The van der Waals surface area contributed by atoms with E-state index in [4.69, 9.17) is 11.6 Å². The number of halogens is 3. The average molecular weight is 263 g/mol. The van der Waals surface area contributed by atoms with Gasteiger partial charge in [0, 0.05) is 25.2 Å². The second-order valence-corrected chi connectivity index (χ2v) is 4.13. The molecule has 1 fully saturated rings. The molecule has 1 aliphatic carbocycles. The maximum atomic E-state index is 12.5. The molecule has 1 saturated carbocycles. The van der Waals surface area contributed by atoms with Crippen molar-refractivity contribution in [1.29, 1.82) is 0 Å². The number of rotatable bonds is 3. The van der Waals surface area contributed by atoms with E-state index in [9.17, 15) is 13.6 Å². The maximum Gasteiger partial charge on any atom is 0.249 e. The fourth-order valence-electron chi connectivity index (χ4n) is 1.47. The van der Waals surface area contributed by atoms with Gasteiger partial charge >= 0.3 is 0 Å². The number of hydrazine groups is 1. The van der Waals surface area contributed by atoms with Crippen molar-refractivity contribution in [2.24, 2.45) is 5.92 Å². The van der Waals surface area contributed by atoms with Crippen molar-refractivity contribution in [3.05, 3.63) is 17.5 Å². The van der Waals surface area contributed by atoms with Gasteiger partial charge in [0.15, 0.2) is 11.0 Å². The fraction of sp³-hybridized carbons (Fsp3) is 0.444. The van der Waals surface area contributed by atoms with Crippen molar-refractivity contribution in [3.63, 3.8) is 0 Å². The normalized spacial score (nSPS) is 18.3. The number of aromatic nitrogens is 2. The number of nitrogens with zero attached hydrogens (tertiary/aromatic N) is 2. The van der Waals surface area contributed by atoms with Crippen LogP contribution in [0.4, 0.5) is 14.6 Å². The largest absolute Gasteiger partial charge is 0.279 e. The van der Waals surface area contributed by atoms with Gasteiger partial charge in [-0.1, -0.05) is 11.6 Å². The fourth-order valence-corrected chi connectivity index (χ4v) is 1.63. The van der Waals surface area contributed by atoms with E-state index in [1.165, 1.54) is 12.4 Å². The lowest BCUT2D eigenvalue weighted by atomic mass is 9.81. The highest BCUT2D eigenvalue weighted by molar-refractivity contribution is 6.31. The first-order valence-electron chi connectivity index (χ1n) is 4.88. The zero-order chi connectivity index (χ0) is 12.5. The number of amides is 1. The second kappa shape index (κ2) is 4.40. The van der Waals surface area contributed by atoms with Crippen LogP contribution in [0, 0.1) is 5.92 Å². The summed E-state index contributed by atoms with van der Waals surface area (Å²) in [6.07, 6.45) is 1.93. The highest BCUT2D eigenvalue weighted by Gasteiger charge is 2.48. The van der Waals surface area contributed by atoms with E-state index in [1.54, 1.807) is 0 Å². The number of nitrogens with one attached hydrogen (secondary N) is 2. The van der Waals surface area contributed by atoms with Crippen LogP contribution in [0.2, 0.25) is 5.15 Å². The molecule has 2 N–H and O–H groups in total. The first-order chi connectivity index (χ1) is 7.98. The lowest BCUT2D eigenvalue weighted by molar-refractivity contribution is -0.149. The first kappa shape index (κ1) is 12.0. The van der Waals surface area contributed by atoms with Crippen LogP contribution in [-0.2, 0) is 4.79 Å². The average Bonchev–Trinajstić information content (AvgIpc) is 2.24. The zero-order valence-electron chi connectivity index (χ0n) is 8.58. The second-order valence-electron chi connectivity index (χ2n) is 3.77. The summed E-state index contributed by atoms with van der Waals surface area (Å²) >= 11 is 5.67. The van der Waals surface area contributed by atoms with Crippen LogP contribution >= 0.6 is 11.6 Å². The predicted octanol–water partition coefficient (Wildman–Crippen LogP) is 1.62. The van der Waals surface area contributed by atoms with Crippen molar-refractivity contribution in [2.75, 3.05) is 5.43 Å². The van der Waals surface area contributed by atoms with Crippen molar-refractivity contribution >= 4 is 23.3 Å². The van der Waals surface area contributed by atoms with Gasteiger partial charge in [0.1, 0.15) is 0 Å². The Bertz CT molecular complexity index is 435. The quantitative estimate of drug-likeness (QED) is 0.813. The molecule has 2 rings (SSSR count). The molecule has 17 heavy (non-hydrogen) atoms. The maximum absolute atomic E-state index is 12.5. The van der Waals surface area contributed by atoms with E-state index in [1.807, 2.05) is 0 Å². The minimum atomic E-state index is -2.72. The number of hydrogen-bond donors (Lipinski definition) is 2. The Morgan fingerprint density at radius 2 is 2.06 bits per heavy atom. The van der Waals surface area contributed by atoms with Crippen molar-refractivity contribution in [1.82, 2.24) is 15.4 Å². The third kappa shape index (κ3) is 2.79. The van der Waals surface area contributed by atoms with Crippen molar-refractivity contribution in [2.45, 2.75) is 18.8 Å². The van der Waals surface area contributed by atoms with Gasteiger partial charge in [-0.25, -0.2) is 18.7 Å². The van der Waals surface area contributed by atoms with E-state index in [0.29, 0.717) is 0 Å². The Balaban J connectivity index is 1.83. The highest BCUT2D eigenvalue weighted by atomic mass is 35.5. The molecule has 0 atom stereocenters. The first-order valence-corrected chi connectivity index (χ1v) is 5.26. The third-order valence-electron chi connectivity index (χ3n) is 2.42. The number of carbonyl (C=O) groups is 1. The van der Waals surface area contributed by atoms with Gasteiger partial charge in [0.2, 0.25) is 11.8 Å². The minimum Gasteiger partial charge on any atom is -0.279 e. The van der Waals surface area contributed by atoms with Gasteiger partial charge in [0.05, 0.1) is 5.92 Å². The lowest BCUT2D eigenvalue weighted by Crippen LogP contribution is -2.46. The summed E-state index contributed by atoms with van der Waals surface area (Å²) < 4.78 is 25.1. The molecule has 1 aliphatic rings. The van der Waals surface area contributed by atoms with Gasteiger partial charge in [-0.2, -0.15) is 0 Å². The van der Waals surface area contributed by atoms with E-state index >= 15 is 0 Å². The molecule has 0 saturated heterocycles. The molecule has 0 aliphatic heterocycles. The Labute approximate surface area is 101 Å². The van der Waals surface area contributed by atoms with Crippen LogP contribution in [0.3, 0.4) is 0 Å². The third-order valence-corrected chi connectivity index (χ3v) is 2.70. The Kier molecular flexibility index (Phi) is 3.10. The summed E-state index contributed by atoms with van der Waals surface area (Å²) in [6.45, 7) is 0. The van der Waals surface area contributed by atoms with Gasteiger partial charge in [-0.05, 0) is 0 Å². The van der Waals surface area contributed by atoms with Gasteiger partial charge in [-0.15, -0.1) is 0 Å². The molecule has 8 heteroatoms. The smallest absolute Gasteiger partial charge is 0.249 e. The number of hydrogen-bond acceptors (Lipinski definition) is 4. The summed E-state index contributed by atoms with van der Waals surface area (Å²) in [5.41, 5.74) is 4.71. The van der Waals surface area contributed by atoms with E-state index in [2.05, 4.69) is 20.8 Å². The lowest BCUT2D eigenvalue weighted by Gasteiger charge is -2.33. The van der Waals surface area contributed by atoms with Crippen LogP contribution < -0.4 is 10.9 Å². The van der Waals surface area contributed by atoms with Gasteiger partial charge in [-0.3, -0.25) is 15.6 Å². The van der Waals surface area contributed by atoms with Gasteiger partial charge in [0.25, 0.3) is 0 Å². The molecular formula is C9H9ClF2N4O. The summed E-state index contributed by atoms with van der Waals surface area (Å²) in [4.78, 5) is 18.9. The SMILES string of the molecule is O=C(NNc1nccnc1Cl)C1CC(F)(F)C1. The van der Waals surface area contributed by atoms with E-state index in [-0.39, 0.29) is 11.0 Å². The monoisotopic (exact) mass is 262 g/mol. The number of carbonyl (C=O) groups excluding carboxylic acids is 1. The molecule has 0 spiro atoms. The van der Waals surface area contributed by atoms with Gasteiger partial charge < -0.3 is 0 Å². The molecule has 1 aromatic rings. The topological polar surface area (TPSA) is 66.9 Å². The molecule has 5 nitrogen and oxygen atoms in total. The molecule has 1 amide bonds. The summed E-state index contributed by atoms with van der Waals surface area (Å²) in [5, 5.41) is 0.0896. The Hall–Kier alpha value is -1.50. The summed E-state index contributed by atoms with van der Waals surface area (Å²) in [5.74, 6) is -3.72. The number of anilines is 1. The van der Waals surface area contributed by atoms with Crippen molar-refractivity contribution < 1.29 is 13.6 Å². The predicted molar refractivity (Wildman–Crippen MR) is 56.5 cm³/mol. The zero-order valence-corrected chi connectivity index (χ0v) is 9.34. The van der Waals surface area contributed by atoms with Crippen LogP contribution in [0.5, 0.6) is 0 Å². The molecule has 0 unspecified atom stereocenters. The van der Waals surface area contributed by atoms with Crippen LogP contribution in [0.25, 0.3) is 0 Å². The minimum absolute atomic E-state index is 0.0896. The number of alkyl halides is 2. The summed E-state index contributed by atoms with van der Waals surface area (Å²) in [6, 6.07) is 0. The molecular weight excluding hydrogens is 254 g/mol. The van der Waals surface area contributed by atoms with E-state index < -0.39 is 30.6 Å². The molecule has 0 aromatic carbocycles.